The predicted molar refractivity (Wildman–Crippen MR) is 207 cm³/mol. The molecule has 0 aromatic heterocycles. The van der Waals surface area contributed by atoms with E-state index in [-0.39, 0.29) is 48.3 Å². The number of carbonyl (C=O) groups is 6. The highest BCUT2D eigenvalue weighted by molar-refractivity contribution is 5.93. The van der Waals surface area contributed by atoms with Crippen LogP contribution in [0.5, 0.6) is 0 Å². The quantitative estimate of drug-likeness (QED) is 0.0917. The summed E-state index contributed by atoms with van der Waals surface area (Å²) in [6.07, 6.45) is 1.95. The van der Waals surface area contributed by atoms with Gasteiger partial charge in [0.25, 0.3) is 0 Å². The Morgan fingerprint density at radius 1 is 0.642 bits per heavy atom. The summed E-state index contributed by atoms with van der Waals surface area (Å²) in [5, 5.41) is 14.3. The van der Waals surface area contributed by atoms with Crippen molar-refractivity contribution in [1.82, 2.24) is 26.6 Å². The van der Waals surface area contributed by atoms with E-state index in [2.05, 4.69) is 26.6 Å². The Morgan fingerprint density at radius 3 is 1.68 bits per heavy atom. The molecule has 0 spiro atoms. The fourth-order valence-electron chi connectivity index (χ4n) is 5.90. The smallest absolute Gasteiger partial charge is 0.328 e. The largest absolute Gasteiger partial charge is 0.467 e. The van der Waals surface area contributed by atoms with Crippen molar-refractivity contribution in [2.24, 2.45) is 35.3 Å². The highest BCUT2D eigenvalue weighted by Gasteiger charge is 2.35. The summed E-state index contributed by atoms with van der Waals surface area (Å²) >= 11 is 0. The van der Waals surface area contributed by atoms with Crippen molar-refractivity contribution in [3.8, 4) is 0 Å². The van der Waals surface area contributed by atoms with E-state index in [1.165, 1.54) is 7.11 Å². The third-order valence-corrected chi connectivity index (χ3v) is 9.54. The highest BCUT2D eigenvalue weighted by Crippen LogP contribution is 2.15. The van der Waals surface area contributed by atoms with Gasteiger partial charge in [0, 0.05) is 24.9 Å². The number of ether oxygens (including phenoxy) is 1. The van der Waals surface area contributed by atoms with Crippen LogP contribution < -0.4 is 32.3 Å². The molecule has 0 aliphatic rings. The van der Waals surface area contributed by atoms with Crippen LogP contribution in [-0.4, -0.2) is 78.9 Å². The molecule has 1 aromatic rings. The van der Waals surface area contributed by atoms with Gasteiger partial charge in [-0.2, -0.15) is 0 Å². The minimum absolute atomic E-state index is 0.107. The Hall–Kier alpha value is -4.00. The number of benzene rings is 1. The topological polar surface area (TPSA) is 198 Å². The van der Waals surface area contributed by atoms with Gasteiger partial charge in [0.15, 0.2) is 0 Å². The molecule has 0 fully saturated rings. The molecular formula is C40H68N6O7. The molecule has 0 saturated carbocycles. The molecule has 0 aliphatic carbocycles. The first-order valence-corrected chi connectivity index (χ1v) is 19.2. The lowest BCUT2D eigenvalue weighted by Gasteiger charge is -2.31. The van der Waals surface area contributed by atoms with Gasteiger partial charge in [-0.1, -0.05) is 112 Å². The lowest BCUT2D eigenvalue weighted by atomic mass is 9.94. The first-order valence-electron chi connectivity index (χ1n) is 19.2. The van der Waals surface area contributed by atoms with Crippen LogP contribution in [0.4, 0.5) is 0 Å². The Balaban J connectivity index is 3.26. The monoisotopic (exact) mass is 745 g/mol. The van der Waals surface area contributed by atoms with Gasteiger partial charge in [0.2, 0.25) is 29.5 Å². The number of nitrogens with one attached hydrogen (secondary N) is 5. The number of hydrogen-bond donors (Lipinski definition) is 6. The highest BCUT2D eigenvalue weighted by atomic mass is 16.5. The minimum atomic E-state index is -0.954. The second-order valence-corrected chi connectivity index (χ2v) is 15.6. The molecular weight excluding hydrogens is 676 g/mol. The molecule has 13 nitrogen and oxygen atoms in total. The third kappa shape index (κ3) is 16.7. The van der Waals surface area contributed by atoms with Gasteiger partial charge in [0.05, 0.1) is 7.11 Å². The van der Waals surface area contributed by atoms with E-state index < -0.39 is 65.8 Å². The molecule has 1 aromatic carbocycles. The SMILES string of the molecule is CC[C@H](C)[C@H](NC(=O)C[C@H](N)[C@H](Cc1ccccc1)NC(=O)C(NC(=O)[C@H](CC(C)C)NC(=O)CC(C)C)C(C)C)C(=O)N[C@H](C(=O)OC)[C@@H](C)CC. The lowest BCUT2D eigenvalue weighted by molar-refractivity contribution is -0.147. The first kappa shape index (κ1) is 47.0. The second-order valence-electron chi connectivity index (χ2n) is 15.6. The van der Waals surface area contributed by atoms with Crippen molar-refractivity contribution >= 4 is 35.5 Å². The molecule has 0 aliphatic heterocycles. The summed E-state index contributed by atoms with van der Waals surface area (Å²) in [4.78, 5) is 79.6. The van der Waals surface area contributed by atoms with E-state index in [1.54, 1.807) is 0 Å². The van der Waals surface area contributed by atoms with Crippen LogP contribution in [0.25, 0.3) is 0 Å². The standard InChI is InChI=1S/C40H68N6O7/c1-12-26(9)35(39(51)46-36(27(10)13-2)40(52)53-11)44-33(48)22-29(41)30(21-28-17-15-14-16-18-28)43-38(50)34(25(7)8)45-37(49)31(19-23(3)4)42-32(47)20-24(5)6/h14-18,23-27,29-31,34-36H,12-13,19-22,41H2,1-11H3,(H,42,47)(H,43,50)(H,44,48)(H,45,49)(H,46,51)/t26-,27-,29-,30-,31-,34?,35-,36-/m0/s1. The summed E-state index contributed by atoms with van der Waals surface area (Å²) in [7, 11) is 1.26. The number of rotatable bonds is 23. The van der Waals surface area contributed by atoms with E-state index in [1.807, 2.05) is 99.6 Å². The van der Waals surface area contributed by atoms with Gasteiger partial charge in [-0.3, -0.25) is 24.0 Å². The zero-order valence-electron chi connectivity index (χ0n) is 33.9. The third-order valence-electron chi connectivity index (χ3n) is 9.54. The van der Waals surface area contributed by atoms with Crippen LogP contribution >= 0.6 is 0 Å². The molecule has 7 N–H and O–H groups in total. The molecule has 1 rings (SSSR count). The summed E-state index contributed by atoms with van der Waals surface area (Å²) in [6.45, 7) is 18.9. The number of esters is 1. The van der Waals surface area contributed by atoms with E-state index >= 15 is 0 Å². The molecule has 53 heavy (non-hydrogen) atoms. The fraction of sp³-hybridized carbons (Fsp3) is 0.700. The number of methoxy groups -OCH3 is 1. The summed E-state index contributed by atoms with van der Waals surface area (Å²) in [6, 6.07) is 4.18. The zero-order chi connectivity index (χ0) is 40.4. The van der Waals surface area contributed by atoms with Crippen LogP contribution in [0.2, 0.25) is 0 Å². The molecule has 0 bridgehead atoms. The molecule has 5 amide bonds. The number of amides is 5. The van der Waals surface area contributed by atoms with Crippen LogP contribution in [0, 0.1) is 29.6 Å². The van der Waals surface area contributed by atoms with Crippen molar-refractivity contribution < 1.29 is 33.5 Å². The van der Waals surface area contributed by atoms with Crippen LogP contribution in [-0.2, 0) is 39.9 Å². The van der Waals surface area contributed by atoms with Gasteiger partial charge in [-0.15, -0.1) is 0 Å². The molecule has 13 heteroatoms. The average Bonchev–Trinajstić information content (AvgIpc) is 3.09. The molecule has 1 unspecified atom stereocenters. The van der Waals surface area contributed by atoms with Crippen molar-refractivity contribution in [1.29, 1.82) is 0 Å². The predicted octanol–water partition coefficient (Wildman–Crippen LogP) is 3.38. The zero-order valence-corrected chi connectivity index (χ0v) is 33.9. The Bertz CT molecular complexity index is 1320. The Morgan fingerprint density at radius 2 is 1.17 bits per heavy atom. The van der Waals surface area contributed by atoms with E-state index in [0.29, 0.717) is 25.7 Å². The summed E-state index contributed by atoms with van der Waals surface area (Å²) < 4.78 is 4.92. The molecule has 0 heterocycles. The molecule has 300 valence electrons. The molecule has 8 atom stereocenters. The van der Waals surface area contributed by atoms with Crippen molar-refractivity contribution in [3.63, 3.8) is 0 Å². The van der Waals surface area contributed by atoms with E-state index in [0.717, 1.165) is 5.56 Å². The minimum Gasteiger partial charge on any atom is -0.467 e. The molecule has 0 saturated heterocycles. The van der Waals surface area contributed by atoms with Crippen LogP contribution in [0.15, 0.2) is 30.3 Å². The molecule has 0 radical (unpaired) electrons. The van der Waals surface area contributed by atoms with Crippen molar-refractivity contribution in [2.75, 3.05) is 7.11 Å². The summed E-state index contributed by atoms with van der Waals surface area (Å²) in [5.74, 6) is -3.28. The van der Waals surface area contributed by atoms with Crippen LogP contribution in [0.3, 0.4) is 0 Å². The maximum Gasteiger partial charge on any atom is 0.328 e. The van der Waals surface area contributed by atoms with E-state index in [9.17, 15) is 28.8 Å². The maximum atomic E-state index is 13.9. The van der Waals surface area contributed by atoms with Gasteiger partial charge >= 0.3 is 5.97 Å². The van der Waals surface area contributed by atoms with Crippen LogP contribution in [0.1, 0.15) is 107 Å². The second kappa shape index (κ2) is 23.6. The van der Waals surface area contributed by atoms with Crippen molar-refractivity contribution in [3.05, 3.63) is 35.9 Å². The van der Waals surface area contributed by atoms with Gasteiger partial charge in [-0.25, -0.2) is 4.79 Å². The first-order chi connectivity index (χ1) is 24.8. The summed E-state index contributed by atoms with van der Waals surface area (Å²) in [5.41, 5.74) is 7.55. The normalized spacial score (nSPS) is 16.0. The maximum absolute atomic E-state index is 13.9. The Kier molecular flexibility index (Phi) is 21.0. The van der Waals surface area contributed by atoms with Gasteiger partial charge in [-0.05, 0) is 48.0 Å². The lowest BCUT2D eigenvalue weighted by Crippen LogP contribution is -2.60. The fourth-order valence-corrected chi connectivity index (χ4v) is 5.90. The average molecular weight is 745 g/mol. The van der Waals surface area contributed by atoms with Gasteiger partial charge < -0.3 is 37.1 Å². The number of nitrogens with two attached hydrogens (primary N) is 1. The van der Waals surface area contributed by atoms with E-state index in [4.69, 9.17) is 10.5 Å². The number of hydrogen-bond acceptors (Lipinski definition) is 8. The Labute approximate surface area is 317 Å². The van der Waals surface area contributed by atoms with Gasteiger partial charge in [0.1, 0.15) is 24.2 Å². The van der Waals surface area contributed by atoms with Crippen molar-refractivity contribution in [2.45, 2.75) is 144 Å². The number of carbonyl (C=O) groups excluding carboxylic acids is 6.